The molecule has 0 saturated heterocycles. The normalized spacial score (nSPS) is 12.5. The van der Waals surface area contributed by atoms with Gasteiger partial charge < -0.3 is 15.4 Å². The van der Waals surface area contributed by atoms with Gasteiger partial charge in [-0.05, 0) is 18.9 Å². The van der Waals surface area contributed by atoms with Crippen LogP contribution in [0.1, 0.15) is 20.3 Å². The summed E-state index contributed by atoms with van der Waals surface area (Å²) in [6.45, 7) is 6.78. The van der Waals surface area contributed by atoms with Crippen LogP contribution in [0.15, 0.2) is 0 Å². The second kappa shape index (κ2) is 8.97. The lowest BCUT2D eigenvalue weighted by Crippen LogP contribution is -2.37. The maximum Gasteiger partial charge on any atom is 0.233 e. The van der Waals surface area contributed by atoms with Crippen molar-refractivity contribution in [2.24, 2.45) is 5.92 Å². The van der Waals surface area contributed by atoms with E-state index in [1.54, 1.807) is 7.11 Å². The third-order valence-corrected chi connectivity index (χ3v) is 1.81. The average molecular weight is 202 g/mol. The molecule has 0 aliphatic rings. The Hall–Kier alpha value is -0.610. The van der Waals surface area contributed by atoms with Gasteiger partial charge in [-0.3, -0.25) is 4.79 Å². The van der Waals surface area contributed by atoms with E-state index in [1.165, 1.54) is 0 Å². The van der Waals surface area contributed by atoms with Crippen molar-refractivity contribution >= 4 is 5.91 Å². The largest absolute Gasteiger partial charge is 0.384 e. The number of carbonyl (C=O) groups excluding carboxylic acids is 1. The van der Waals surface area contributed by atoms with E-state index in [2.05, 4.69) is 17.6 Å². The summed E-state index contributed by atoms with van der Waals surface area (Å²) in [7, 11) is 1.67. The smallest absolute Gasteiger partial charge is 0.233 e. The number of amides is 1. The Morgan fingerprint density at radius 1 is 1.50 bits per heavy atom. The molecule has 2 N–H and O–H groups in total. The first-order valence-electron chi connectivity index (χ1n) is 5.17. The van der Waals surface area contributed by atoms with E-state index in [-0.39, 0.29) is 5.91 Å². The van der Waals surface area contributed by atoms with Crippen molar-refractivity contribution in [3.8, 4) is 0 Å². The van der Waals surface area contributed by atoms with Crippen molar-refractivity contribution in [1.29, 1.82) is 0 Å². The predicted octanol–water partition coefficient (Wildman–Crippen LogP) is 0.385. The first-order valence-corrected chi connectivity index (χ1v) is 5.17. The number of nitrogens with one attached hydrogen (secondary N) is 2. The summed E-state index contributed by atoms with van der Waals surface area (Å²) in [6, 6.07) is 0. The molecule has 0 aromatic heterocycles. The van der Waals surface area contributed by atoms with Gasteiger partial charge in [0.2, 0.25) is 5.91 Å². The summed E-state index contributed by atoms with van der Waals surface area (Å²) in [5.74, 6) is 0.427. The number of methoxy groups -OCH3 is 1. The van der Waals surface area contributed by atoms with E-state index in [4.69, 9.17) is 4.74 Å². The highest BCUT2D eigenvalue weighted by molar-refractivity contribution is 5.77. The maximum absolute atomic E-state index is 11.2. The van der Waals surface area contributed by atoms with Crippen molar-refractivity contribution in [3.63, 3.8) is 0 Å². The van der Waals surface area contributed by atoms with Crippen molar-refractivity contribution in [2.75, 3.05) is 33.4 Å². The highest BCUT2D eigenvalue weighted by Crippen LogP contribution is 1.91. The zero-order valence-corrected chi connectivity index (χ0v) is 9.43. The molecule has 0 bridgehead atoms. The van der Waals surface area contributed by atoms with Crippen molar-refractivity contribution in [1.82, 2.24) is 10.6 Å². The zero-order valence-electron chi connectivity index (χ0n) is 9.43. The van der Waals surface area contributed by atoms with Gasteiger partial charge in [0.15, 0.2) is 0 Å². The number of ether oxygens (including phenoxy) is 1. The molecule has 0 aliphatic carbocycles. The van der Waals surface area contributed by atoms with E-state index >= 15 is 0 Å². The Kier molecular flexibility index (Phi) is 8.57. The first-order chi connectivity index (χ1) is 6.70. The van der Waals surface area contributed by atoms with Gasteiger partial charge in [0.1, 0.15) is 0 Å². The zero-order chi connectivity index (χ0) is 10.8. The van der Waals surface area contributed by atoms with Crippen LogP contribution in [0, 0.1) is 5.92 Å². The molecule has 0 heterocycles. The predicted molar refractivity (Wildman–Crippen MR) is 57.2 cm³/mol. The molecule has 1 unspecified atom stereocenters. The summed E-state index contributed by atoms with van der Waals surface area (Å²) in [6.07, 6.45) is 1.05. The molecule has 14 heavy (non-hydrogen) atoms. The molecule has 1 amide bonds. The van der Waals surface area contributed by atoms with Gasteiger partial charge >= 0.3 is 0 Å². The van der Waals surface area contributed by atoms with E-state index in [9.17, 15) is 4.79 Å². The topological polar surface area (TPSA) is 50.4 Å². The van der Waals surface area contributed by atoms with Gasteiger partial charge in [-0.2, -0.15) is 0 Å². The quantitative estimate of drug-likeness (QED) is 0.560. The van der Waals surface area contributed by atoms with E-state index in [0.29, 0.717) is 25.6 Å². The fraction of sp³-hybridized carbons (Fsp3) is 0.900. The minimum Gasteiger partial charge on any atom is -0.384 e. The molecule has 0 radical (unpaired) electrons. The molecular weight excluding hydrogens is 180 g/mol. The average Bonchev–Trinajstić information content (AvgIpc) is 2.16. The molecule has 0 aliphatic heterocycles. The lowest BCUT2D eigenvalue weighted by atomic mass is 10.2. The van der Waals surface area contributed by atoms with Crippen molar-refractivity contribution < 1.29 is 9.53 Å². The summed E-state index contributed by atoms with van der Waals surface area (Å²) in [5, 5.41) is 5.89. The number of carbonyl (C=O) groups is 1. The van der Waals surface area contributed by atoms with Gasteiger partial charge in [-0.1, -0.05) is 13.8 Å². The maximum atomic E-state index is 11.2. The lowest BCUT2D eigenvalue weighted by molar-refractivity contribution is -0.120. The molecular formula is C10H22N2O2. The number of rotatable bonds is 8. The third kappa shape index (κ3) is 8.01. The Bertz CT molecular complexity index is 151. The van der Waals surface area contributed by atoms with E-state index in [1.807, 2.05) is 6.92 Å². The molecule has 4 nitrogen and oxygen atoms in total. The van der Waals surface area contributed by atoms with Crippen LogP contribution in [-0.4, -0.2) is 39.3 Å². The SMILES string of the molecule is CCCNCC(=O)NCC(C)COC. The van der Waals surface area contributed by atoms with Crippen LogP contribution in [0.3, 0.4) is 0 Å². The second-order valence-electron chi connectivity index (χ2n) is 3.54. The van der Waals surface area contributed by atoms with Gasteiger partial charge in [0.05, 0.1) is 13.2 Å². The van der Waals surface area contributed by atoms with Gasteiger partial charge in [-0.25, -0.2) is 0 Å². The van der Waals surface area contributed by atoms with Crippen molar-refractivity contribution in [3.05, 3.63) is 0 Å². The lowest BCUT2D eigenvalue weighted by Gasteiger charge is -2.11. The van der Waals surface area contributed by atoms with Crippen LogP contribution in [0.2, 0.25) is 0 Å². The minimum atomic E-state index is 0.0569. The number of hydrogen-bond acceptors (Lipinski definition) is 3. The van der Waals surface area contributed by atoms with Crippen LogP contribution >= 0.6 is 0 Å². The third-order valence-electron chi connectivity index (χ3n) is 1.81. The molecule has 0 aromatic rings. The Morgan fingerprint density at radius 3 is 2.79 bits per heavy atom. The summed E-state index contributed by atoms with van der Waals surface area (Å²) >= 11 is 0. The number of hydrogen-bond donors (Lipinski definition) is 2. The first kappa shape index (κ1) is 13.4. The Balaban J connectivity index is 3.34. The standard InChI is InChI=1S/C10H22N2O2/c1-4-5-11-7-10(13)12-6-9(2)8-14-3/h9,11H,4-8H2,1-3H3,(H,12,13). The van der Waals surface area contributed by atoms with E-state index in [0.717, 1.165) is 13.0 Å². The molecule has 4 heteroatoms. The van der Waals surface area contributed by atoms with Gasteiger partial charge in [0, 0.05) is 13.7 Å². The van der Waals surface area contributed by atoms with Gasteiger partial charge in [0.25, 0.3) is 0 Å². The van der Waals surface area contributed by atoms with E-state index < -0.39 is 0 Å². The highest BCUT2D eigenvalue weighted by atomic mass is 16.5. The highest BCUT2D eigenvalue weighted by Gasteiger charge is 2.04. The monoisotopic (exact) mass is 202 g/mol. The summed E-state index contributed by atoms with van der Waals surface area (Å²) < 4.78 is 4.97. The minimum absolute atomic E-state index is 0.0569. The van der Waals surface area contributed by atoms with Crippen LogP contribution < -0.4 is 10.6 Å². The van der Waals surface area contributed by atoms with Crippen LogP contribution in [0.4, 0.5) is 0 Å². The molecule has 0 saturated carbocycles. The molecule has 0 rings (SSSR count). The van der Waals surface area contributed by atoms with Crippen LogP contribution in [-0.2, 0) is 9.53 Å². The van der Waals surface area contributed by atoms with Gasteiger partial charge in [-0.15, -0.1) is 0 Å². The van der Waals surface area contributed by atoms with Crippen molar-refractivity contribution in [2.45, 2.75) is 20.3 Å². The summed E-state index contributed by atoms with van der Waals surface area (Å²) in [4.78, 5) is 11.2. The fourth-order valence-corrected chi connectivity index (χ4v) is 1.07. The molecule has 0 spiro atoms. The summed E-state index contributed by atoms with van der Waals surface area (Å²) in [5.41, 5.74) is 0. The molecule has 0 aromatic carbocycles. The fourth-order valence-electron chi connectivity index (χ4n) is 1.07. The van der Waals surface area contributed by atoms with Crippen LogP contribution in [0.25, 0.3) is 0 Å². The Morgan fingerprint density at radius 2 is 2.21 bits per heavy atom. The Labute approximate surface area is 86.4 Å². The van der Waals surface area contributed by atoms with Crippen LogP contribution in [0.5, 0.6) is 0 Å². The molecule has 1 atom stereocenters. The second-order valence-corrected chi connectivity index (χ2v) is 3.54. The molecule has 84 valence electrons. The molecule has 0 fully saturated rings.